The molecule has 0 saturated heterocycles. The van der Waals surface area contributed by atoms with Crippen LogP contribution in [-0.2, 0) is 4.79 Å². The second kappa shape index (κ2) is 8.39. The molecule has 0 aromatic heterocycles. The first kappa shape index (κ1) is 17.9. The topological polar surface area (TPSA) is 62.6 Å². The number of carbonyl (C=O) groups is 1. The number of fused-ring (bicyclic) bond motifs is 1. The van der Waals surface area contributed by atoms with Crippen LogP contribution in [0.25, 0.3) is 6.08 Å². The van der Waals surface area contributed by atoms with Crippen LogP contribution < -0.4 is 9.47 Å². The summed E-state index contributed by atoms with van der Waals surface area (Å²) in [5, 5.41) is 8.83. The Morgan fingerprint density at radius 2 is 2.21 bits per heavy atom. The van der Waals surface area contributed by atoms with Gasteiger partial charge in [0.05, 0.1) is 25.2 Å². The molecule has 2 rings (SSSR count). The van der Waals surface area contributed by atoms with Crippen LogP contribution in [0.5, 0.6) is 11.5 Å². The van der Waals surface area contributed by atoms with Gasteiger partial charge < -0.3 is 14.4 Å². The standard InChI is InChI=1S/C19H24N2O3/c1-14(2)8-11-21(10-5-9-20)19(22)16-12-15-6-4-7-17(23-3)18(15)24-13-16/h4,6-7,12,14H,5,8,10-11,13H2,1-3H3. The number of hydrogen-bond donors (Lipinski definition) is 0. The minimum atomic E-state index is -0.0561. The summed E-state index contributed by atoms with van der Waals surface area (Å²) in [6.45, 7) is 5.57. The zero-order valence-corrected chi connectivity index (χ0v) is 14.5. The lowest BCUT2D eigenvalue weighted by atomic mass is 10.0. The molecule has 0 unspecified atom stereocenters. The van der Waals surface area contributed by atoms with Crippen molar-refractivity contribution in [3.63, 3.8) is 0 Å². The number of ether oxygens (including phenoxy) is 2. The summed E-state index contributed by atoms with van der Waals surface area (Å²) >= 11 is 0. The van der Waals surface area contributed by atoms with Crippen molar-refractivity contribution >= 4 is 12.0 Å². The first-order valence-corrected chi connectivity index (χ1v) is 8.23. The van der Waals surface area contributed by atoms with Crippen molar-refractivity contribution in [2.24, 2.45) is 5.92 Å². The van der Waals surface area contributed by atoms with Gasteiger partial charge in [-0.3, -0.25) is 4.79 Å². The van der Waals surface area contributed by atoms with Gasteiger partial charge in [-0.05, 0) is 24.5 Å². The van der Waals surface area contributed by atoms with Crippen LogP contribution in [0.1, 0.15) is 32.3 Å². The highest BCUT2D eigenvalue weighted by atomic mass is 16.5. The van der Waals surface area contributed by atoms with Gasteiger partial charge in [-0.15, -0.1) is 0 Å². The Kier molecular flexibility index (Phi) is 6.25. The summed E-state index contributed by atoms with van der Waals surface area (Å²) in [5.74, 6) is 1.78. The summed E-state index contributed by atoms with van der Waals surface area (Å²) in [6.07, 6.45) is 3.11. The van der Waals surface area contributed by atoms with Crippen molar-refractivity contribution in [3.8, 4) is 17.6 Å². The lowest BCUT2D eigenvalue weighted by Gasteiger charge is -2.26. The third kappa shape index (κ3) is 4.29. The van der Waals surface area contributed by atoms with Gasteiger partial charge in [0.2, 0.25) is 0 Å². The van der Waals surface area contributed by atoms with Crippen LogP contribution in [0.4, 0.5) is 0 Å². The van der Waals surface area contributed by atoms with Gasteiger partial charge in [-0.25, -0.2) is 0 Å². The second-order valence-corrected chi connectivity index (χ2v) is 6.22. The molecule has 1 aromatic rings. The van der Waals surface area contributed by atoms with E-state index in [4.69, 9.17) is 14.7 Å². The Balaban J connectivity index is 2.19. The average molecular weight is 328 g/mol. The van der Waals surface area contributed by atoms with E-state index in [0.29, 0.717) is 42.5 Å². The Hall–Kier alpha value is -2.48. The molecule has 1 heterocycles. The van der Waals surface area contributed by atoms with Gasteiger partial charge in [-0.1, -0.05) is 26.0 Å². The van der Waals surface area contributed by atoms with Crippen LogP contribution >= 0.6 is 0 Å². The number of methoxy groups -OCH3 is 1. The molecule has 0 fully saturated rings. The van der Waals surface area contributed by atoms with Crippen LogP contribution in [0.2, 0.25) is 0 Å². The first-order chi connectivity index (χ1) is 11.6. The van der Waals surface area contributed by atoms with Crippen molar-refractivity contribution in [1.29, 1.82) is 5.26 Å². The van der Waals surface area contributed by atoms with Gasteiger partial charge in [0, 0.05) is 18.7 Å². The smallest absolute Gasteiger partial charge is 0.253 e. The van der Waals surface area contributed by atoms with Crippen molar-refractivity contribution in [1.82, 2.24) is 4.90 Å². The fourth-order valence-corrected chi connectivity index (χ4v) is 2.58. The first-order valence-electron chi connectivity index (χ1n) is 8.23. The second-order valence-electron chi connectivity index (χ2n) is 6.22. The number of amides is 1. The van der Waals surface area contributed by atoms with Gasteiger partial charge in [0.15, 0.2) is 11.5 Å². The van der Waals surface area contributed by atoms with E-state index in [1.165, 1.54) is 0 Å². The summed E-state index contributed by atoms with van der Waals surface area (Å²) in [6, 6.07) is 7.72. The minimum Gasteiger partial charge on any atom is -0.493 e. The number of carbonyl (C=O) groups excluding carboxylic acids is 1. The van der Waals surface area contributed by atoms with Crippen molar-refractivity contribution < 1.29 is 14.3 Å². The van der Waals surface area contributed by atoms with E-state index in [0.717, 1.165) is 12.0 Å². The summed E-state index contributed by atoms with van der Waals surface area (Å²) in [7, 11) is 1.60. The van der Waals surface area contributed by atoms with Gasteiger partial charge >= 0.3 is 0 Å². The molecule has 5 nitrogen and oxygen atoms in total. The zero-order valence-electron chi connectivity index (χ0n) is 14.5. The number of nitriles is 1. The number of para-hydroxylation sites is 1. The molecule has 0 spiro atoms. The van der Waals surface area contributed by atoms with Gasteiger partial charge in [0.1, 0.15) is 6.61 Å². The predicted octanol–water partition coefficient (Wildman–Crippen LogP) is 3.26. The van der Waals surface area contributed by atoms with Crippen molar-refractivity contribution in [2.45, 2.75) is 26.7 Å². The van der Waals surface area contributed by atoms with E-state index in [2.05, 4.69) is 19.9 Å². The monoisotopic (exact) mass is 328 g/mol. The lowest BCUT2D eigenvalue weighted by molar-refractivity contribution is -0.127. The molecular weight excluding hydrogens is 304 g/mol. The van der Waals surface area contributed by atoms with E-state index in [1.807, 2.05) is 24.3 Å². The number of nitrogens with zero attached hydrogens (tertiary/aromatic N) is 2. The molecule has 0 saturated carbocycles. The van der Waals surface area contributed by atoms with E-state index in [-0.39, 0.29) is 12.5 Å². The highest BCUT2D eigenvalue weighted by molar-refractivity contribution is 5.99. The molecule has 0 atom stereocenters. The number of hydrogen-bond acceptors (Lipinski definition) is 4. The van der Waals surface area contributed by atoms with E-state index in [1.54, 1.807) is 12.0 Å². The van der Waals surface area contributed by atoms with Crippen LogP contribution in [0.3, 0.4) is 0 Å². The molecule has 0 radical (unpaired) electrons. The fourth-order valence-electron chi connectivity index (χ4n) is 2.58. The van der Waals surface area contributed by atoms with Crippen LogP contribution in [0, 0.1) is 17.2 Å². The molecule has 0 bridgehead atoms. The maximum atomic E-state index is 12.8. The molecule has 24 heavy (non-hydrogen) atoms. The Labute approximate surface area is 143 Å². The molecule has 5 heteroatoms. The molecule has 128 valence electrons. The molecule has 0 N–H and O–H groups in total. The Morgan fingerprint density at radius 1 is 1.42 bits per heavy atom. The Morgan fingerprint density at radius 3 is 2.88 bits per heavy atom. The minimum absolute atomic E-state index is 0.0561. The quantitative estimate of drug-likeness (QED) is 0.771. The normalized spacial score (nSPS) is 12.7. The highest BCUT2D eigenvalue weighted by Crippen LogP contribution is 2.35. The van der Waals surface area contributed by atoms with Crippen molar-refractivity contribution in [3.05, 3.63) is 29.3 Å². The lowest BCUT2D eigenvalue weighted by Crippen LogP contribution is -2.36. The van der Waals surface area contributed by atoms with Crippen LogP contribution in [0.15, 0.2) is 23.8 Å². The maximum absolute atomic E-state index is 12.8. The number of benzene rings is 1. The molecular formula is C19H24N2O3. The fraction of sp³-hybridized carbons (Fsp3) is 0.474. The largest absolute Gasteiger partial charge is 0.493 e. The van der Waals surface area contributed by atoms with E-state index >= 15 is 0 Å². The van der Waals surface area contributed by atoms with Crippen molar-refractivity contribution in [2.75, 3.05) is 26.8 Å². The Bertz CT molecular complexity index is 659. The molecule has 0 aliphatic carbocycles. The van der Waals surface area contributed by atoms with Gasteiger partial charge in [0.25, 0.3) is 5.91 Å². The third-order valence-corrected chi connectivity index (χ3v) is 3.96. The zero-order chi connectivity index (χ0) is 17.5. The van der Waals surface area contributed by atoms with E-state index in [9.17, 15) is 4.79 Å². The summed E-state index contributed by atoms with van der Waals surface area (Å²) in [5.41, 5.74) is 1.45. The molecule has 1 aliphatic rings. The van der Waals surface area contributed by atoms with E-state index < -0.39 is 0 Å². The van der Waals surface area contributed by atoms with Crippen LogP contribution in [-0.4, -0.2) is 37.6 Å². The molecule has 1 aliphatic heterocycles. The summed E-state index contributed by atoms with van der Waals surface area (Å²) in [4.78, 5) is 14.6. The molecule has 1 aromatic carbocycles. The predicted molar refractivity (Wildman–Crippen MR) is 92.7 cm³/mol. The molecule has 1 amide bonds. The van der Waals surface area contributed by atoms with Gasteiger partial charge in [-0.2, -0.15) is 5.26 Å². The summed E-state index contributed by atoms with van der Waals surface area (Å²) < 4.78 is 11.0. The maximum Gasteiger partial charge on any atom is 0.253 e. The third-order valence-electron chi connectivity index (χ3n) is 3.96. The number of rotatable bonds is 7. The SMILES string of the molecule is COc1cccc2c1OCC(C(=O)N(CCC#N)CCC(C)C)=C2. The highest BCUT2D eigenvalue weighted by Gasteiger charge is 2.23. The average Bonchev–Trinajstić information content (AvgIpc) is 2.60.